The minimum absolute atomic E-state index is 0.0845. The van der Waals surface area contributed by atoms with E-state index in [1.165, 1.54) is 25.3 Å². The van der Waals surface area contributed by atoms with Crippen LogP contribution < -0.4 is 20.7 Å². The molecule has 0 aromatic heterocycles. The Bertz CT molecular complexity index is 1190. The lowest BCUT2D eigenvalue weighted by molar-refractivity contribution is -0.136. The molecule has 3 N–H and O–H groups in total. The highest BCUT2D eigenvalue weighted by Gasteiger charge is 2.36. The number of methoxy groups -OCH3 is 1. The highest BCUT2D eigenvalue weighted by molar-refractivity contribution is 5.96. The second-order valence-electron chi connectivity index (χ2n) is 9.25. The first-order chi connectivity index (χ1) is 16.8. The zero-order chi connectivity index (χ0) is 27.2. The summed E-state index contributed by atoms with van der Waals surface area (Å²) >= 11 is 0. The van der Waals surface area contributed by atoms with Gasteiger partial charge in [-0.1, -0.05) is 20.8 Å². The number of hydrogen-bond acceptors (Lipinski definition) is 7. The Morgan fingerprint density at radius 2 is 1.89 bits per heavy atom. The number of hydrogen-bond donors (Lipinski definition) is 3. The van der Waals surface area contributed by atoms with Crippen molar-refractivity contribution < 1.29 is 23.0 Å². The predicted octanol–water partition coefficient (Wildman–Crippen LogP) is 4.49. The minimum Gasteiger partial charge on any atom is -0.466 e. The molecule has 1 aromatic rings. The normalized spacial score (nSPS) is 17.1. The molecule has 1 aliphatic heterocycles. The molecule has 1 aliphatic rings. The highest BCUT2D eigenvalue weighted by atomic mass is 19.3. The van der Waals surface area contributed by atoms with Gasteiger partial charge in [-0.3, -0.25) is 5.32 Å². The molecule has 0 spiro atoms. The van der Waals surface area contributed by atoms with Crippen LogP contribution in [0, 0.1) is 28.2 Å². The third-order valence-electron chi connectivity index (χ3n) is 5.84. The standard InChI is InChI=1S/C25H30F2N6O3/c1-13-18(11-28)21(20(14(2)31-13)22(34)35-7)17-10-16(8-9-19(17)36-23(26)27)33-24(30-12-29)32-15(3)25(4,5)6/h8-10,15,21,23,31H,1-7H3,(H2,30,32,33). The number of allylic oxidation sites excluding steroid dienone is 3. The summed E-state index contributed by atoms with van der Waals surface area (Å²) in [6.45, 7) is 8.02. The van der Waals surface area contributed by atoms with Crippen LogP contribution in [-0.2, 0) is 9.53 Å². The first kappa shape index (κ1) is 28.1. The van der Waals surface area contributed by atoms with Gasteiger partial charge in [-0.25, -0.2) is 9.79 Å². The number of ether oxygens (including phenoxy) is 2. The Balaban J connectivity index is 2.72. The number of nitriles is 2. The molecule has 1 heterocycles. The maximum atomic E-state index is 13.3. The van der Waals surface area contributed by atoms with E-state index < -0.39 is 18.5 Å². The molecular weight excluding hydrogens is 470 g/mol. The van der Waals surface area contributed by atoms with Gasteiger partial charge in [0, 0.05) is 22.6 Å². The van der Waals surface area contributed by atoms with Crippen LogP contribution in [0.1, 0.15) is 53.0 Å². The van der Waals surface area contributed by atoms with E-state index in [1.54, 1.807) is 13.8 Å². The molecule has 2 atom stereocenters. The molecule has 0 bridgehead atoms. The van der Waals surface area contributed by atoms with Crippen molar-refractivity contribution in [3.05, 3.63) is 46.3 Å². The Labute approximate surface area is 209 Å². The van der Waals surface area contributed by atoms with E-state index in [-0.39, 0.29) is 39.9 Å². The quantitative estimate of drug-likeness (QED) is 0.171. The van der Waals surface area contributed by atoms with Crippen molar-refractivity contribution in [2.45, 2.75) is 60.1 Å². The topological polar surface area (TPSA) is 132 Å². The first-order valence-electron chi connectivity index (χ1n) is 11.1. The Hall–Kier alpha value is -4.12. The number of dihydropyridines is 1. The Morgan fingerprint density at radius 1 is 1.22 bits per heavy atom. The van der Waals surface area contributed by atoms with Crippen LogP contribution in [0.4, 0.5) is 14.5 Å². The second-order valence-corrected chi connectivity index (χ2v) is 9.25. The average Bonchev–Trinajstić information content (AvgIpc) is 2.78. The van der Waals surface area contributed by atoms with Crippen LogP contribution in [-0.4, -0.2) is 31.7 Å². The van der Waals surface area contributed by atoms with Crippen molar-refractivity contribution in [1.82, 2.24) is 10.6 Å². The lowest BCUT2D eigenvalue weighted by atomic mass is 9.80. The number of esters is 1. The summed E-state index contributed by atoms with van der Waals surface area (Å²) in [5.41, 5.74) is 1.41. The SMILES string of the molecule is COC(=O)C1=C(C)NC(C)=C(C#N)C1c1cc(NC(=NC(C)C(C)(C)C)NC#N)ccc1OC(F)F. The lowest BCUT2D eigenvalue weighted by Gasteiger charge is -2.29. The monoisotopic (exact) mass is 500 g/mol. The number of rotatable bonds is 6. The number of carbonyl (C=O) groups is 1. The molecule has 2 unspecified atom stereocenters. The van der Waals surface area contributed by atoms with E-state index >= 15 is 0 Å². The van der Waals surface area contributed by atoms with Crippen molar-refractivity contribution in [1.29, 1.82) is 10.5 Å². The van der Waals surface area contributed by atoms with Crippen LogP contribution >= 0.6 is 0 Å². The van der Waals surface area contributed by atoms with Gasteiger partial charge in [-0.15, -0.1) is 0 Å². The van der Waals surface area contributed by atoms with Crippen molar-refractivity contribution >= 4 is 17.6 Å². The molecule has 0 fully saturated rings. The van der Waals surface area contributed by atoms with E-state index in [0.717, 1.165) is 0 Å². The highest BCUT2D eigenvalue weighted by Crippen LogP contribution is 2.43. The average molecular weight is 501 g/mol. The number of aliphatic imine (C=N–C) groups is 1. The number of carbonyl (C=O) groups excluding carboxylic acids is 1. The molecule has 1 aromatic carbocycles. The van der Waals surface area contributed by atoms with Crippen LogP contribution in [0.15, 0.2) is 45.7 Å². The lowest BCUT2D eigenvalue weighted by Crippen LogP contribution is -2.32. The summed E-state index contributed by atoms with van der Waals surface area (Å²) in [7, 11) is 1.19. The van der Waals surface area contributed by atoms with E-state index in [9.17, 15) is 24.1 Å². The summed E-state index contributed by atoms with van der Waals surface area (Å²) in [5, 5.41) is 27.5. The summed E-state index contributed by atoms with van der Waals surface area (Å²) in [6.07, 6.45) is 1.82. The first-order valence-corrected chi connectivity index (χ1v) is 11.1. The number of nitrogens with zero attached hydrogens (tertiary/aromatic N) is 3. The van der Waals surface area contributed by atoms with Gasteiger partial charge >= 0.3 is 12.6 Å². The fraction of sp³-hybridized carbons (Fsp3) is 0.440. The Kier molecular flexibility index (Phi) is 9.01. The molecule has 9 nitrogen and oxygen atoms in total. The fourth-order valence-corrected chi connectivity index (χ4v) is 3.56. The van der Waals surface area contributed by atoms with Gasteiger partial charge in [0.15, 0.2) is 6.19 Å². The Morgan fingerprint density at radius 3 is 2.42 bits per heavy atom. The smallest absolute Gasteiger partial charge is 0.387 e. The zero-order valence-electron chi connectivity index (χ0n) is 21.3. The molecule has 0 amide bonds. The van der Waals surface area contributed by atoms with Crippen LogP contribution in [0.3, 0.4) is 0 Å². The van der Waals surface area contributed by atoms with Gasteiger partial charge in [0.2, 0.25) is 5.96 Å². The molecule has 192 valence electrons. The van der Waals surface area contributed by atoms with Gasteiger partial charge < -0.3 is 20.1 Å². The summed E-state index contributed by atoms with van der Waals surface area (Å²) in [6, 6.07) is 6.13. The number of nitrogens with one attached hydrogen (secondary N) is 3. The largest absolute Gasteiger partial charge is 0.466 e. The maximum absolute atomic E-state index is 13.3. The van der Waals surface area contributed by atoms with Gasteiger partial charge in [0.1, 0.15) is 5.75 Å². The van der Waals surface area contributed by atoms with Crippen LogP contribution in [0.25, 0.3) is 0 Å². The van der Waals surface area contributed by atoms with Crippen molar-refractivity contribution in [2.24, 2.45) is 10.4 Å². The van der Waals surface area contributed by atoms with Crippen molar-refractivity contribution in [3.8, 4) is 18.0 Å². The number of guanidine groups is 1. The molecule has 0 saturated carbocycles. The molecule has 0 aliphatic carbocycles. The van der Waals surface area contributed by atoms with Crippen LogP contribution in [0.5, 0.6) is 5.75 Å². The number of anilines is 1. The van der Waals surface area contributed by atoms with Crippen molar-refractivity contribution in [2.75, 3.05) is 12.4 Å². The summed E-state index contributed by atoms with van der Waals surface area (Å²) < 4.78 is 36.3. The van der Waals surface area contributed by atoms with Crippen molar-refractivity contribution in [3.63, 3.8) is 0 Å². The number of benzene rings is 1. The molecule has 11 heteroatoms. The molecular formula is C25H30F2N6O3. The van der Waals surface area contributed by atoms with Gasteiger partial charge in [0.25, 0.3) is 0 Å². The van der Waals surface area contributed by atoms with E-state index in [0.29, 0.717) is 17.1 Å². The number of halogens is 2. The van der Waals surface area contributed by atoms with E-state index in [4.69, 9.17) is 9.47 Å². The predicted molar refractivity (Wildman–Crippen MR) is 131 cm³/mol. The van der Waals surface area contributed by atoms with E-state index in [1.807, 2.05) is 33.9 Å². The fourth-order valence-electron chi connectivity index (χ4n) is 3.56. The summed E-state index contributed by atoms with van der Waals surface area (Å²) in [4.78, 5) is 17.2. The molecule has 0 saturated heterocycles. The summed E-state index contributed by atoms with van der Waals surface area (Å²) in [5.74, 6) is -1.84. The zero-order valence-corrected chi connectivity index (χ0v) is 21.3. The maximum Gasteiger partial charge on any atom is 0.387 e. The van der Waals surface area contributed by atoms with Gasteiger partial charge in [-0.2, -0.15) is 19.3 Å². The minimum atomic E-state index is -3.14. The van der Waals surface area contributed by atoms with Gasteiger partial charge in [0.05, 0.1) is 36.3 Å². The van der Waals surface area contributed by atoms with E-state index in [2.05, 4.69) is 27.0 Å². The molecule has 36 heavy (non-hydrogen) atoms. The molecule has 0 radical (unpaired) electrons. The molecule has 2 rings (SSSR count). The van der Waals surface area contributed by atoms with Gasteiger partial charge in [-0.05, 0) is 44.4 Å². The number of alkyl halides is 2. The third kappa shape index (κ3) is 6.51. The van der Waals surface area contributed by atoms with Crippen LogP contribution in [0.2, 0.25) is 0 Å². The second kappa shape index (κ2) is 11.5. The third-order valence-corrected chi connectivity index (χ3v) is 5.84.